The fourth-order valence-corrected chi connectivity index (χ4v) is 7.60. The number of hydrogen-bond acceptors (Lipinski definition) is 1. The van der Waals surface area contributed by atoms with E-state index in [4.69, 9.17) is 0 Å². The van der Waals surface area contributed by atoms with Crippen LogP contribution in [-0.4, -0.2) is 0 Å². The van der Waals surface area contributed by atoms with E-state index in [0.29, 0.717) is 0 Å². The number of rotatable bonds is 6. The van der Waals surface area contributed by atoms with Crippen molar-refractivity contribution in [3.05, 3.63) is 181 Å². The number of hydrogen-bond donors (Lipinski definition) is 0. The second-order valence-corrected chi connectivity index (χ2v) is 12.4. The van der Waals surface area contributed by atoms with Gasteiger partial charge in [0.25, 0.3) is 0 Å². The average Bonchev–Trinajstić information content (AvgIpc) is 3.14. The summed E-state index contributed by atoms with van der Waals surface area (Å²) in [6.07, 6.45) is 3.15. The zero-order valence-corrected chi connectivity index (χ0v) is 26.3. The first kappa shape index (κ1) is 27.4. The van der Waals surface area contributed by atoms with Crippen molar-refractivity contribution >= 4 is 76.5 Å². The normalized spacial score (nSPS) is 12.1. The molecule has 0 spiro atoms. The fraction of sp³-hybridized carbons (Fsp3) is 0.0435. The van der Waals surface area contributed by atoms with Crippen LogP contribution in [-0.2, 0) is 6.42 Å². The predicted molar refractivity (Wildman–Crippen MR) is 204 cm³/mol. The SMILES string of the molecule is C/C=C(/Cc1ccc2c3cccc4cccc(c5cccc1c52)c43)c1ccc(N(c2ccccc2)c2ccc3ccccc3c2)cc1. The maximum atomic E-state index is 2.35. The highest BCUT2D eigenvalue weighted by molar-refractivity contribution is 6.33. The molecule has 1 nitrogen and oxygen atoms in total. The topological polar surface area (TPSA) is 3.24 Å². The molecule has 0 aliphatic heterocycles. The van der Waals surface area contributed by atoms with Crippen LogP contribution in [0.2, 0.25) is 0 Å². The molecule has 0 amide bonds. The Morgan fingerprint density at radius 2 is 1.02 bits per heavy atom. The van der Waals surface area contributed by atoms with Crippen LogP contribution in [0.5, 0.6) is 0 Å². The lowest BCUT2D eigenvalue weighted by Crippen LogP contribution is -2.09. The van der Waals surface area contributed by atoms with Gasteiger partial charge in [0, 0.05) is 17.1 Å². The molecule has 0 heterocycles. The maximum Gasteiger partial charge on any atom is 0.0468 e. The highest BCUT2D eigenvalue weighted by Gasteiger charge is 2.17. The molecule has 0 atom stereocenters. The van der Waals surface area contributed by atoms with Crippen molar-refractivity contribution < 1.29 is 0 Å². The van der Waals surface area contributed by atoms with Gasteiger partial charge in [-0.3, -0.25) is 0 Å². The van der Waals surface area contributed by atoms with Crippen molar-refractivity contribution in [2.75, 3.05) is 4.90 Å². The van der Waals surface area contributed by atoms with Gasteiger partial charge in [-0.15, -0.1) is 0 Å². The van der Waals surface area contributed by atoms with Crippen molar-refractivity contribution in [2.24, 2.45) is 0 Å². The molecule has 9 rings (SSSR count). The zero-order chi connectivity index (χ0) is 31.3. The lowest BCUT2D eigenvalue weighted by molar-refractivity contribution is 1.27. The van der Waals surface area contributed by atoms with Crippen molar-refractivity contribution in [1.29, 1.82) is 0 Å². The van der Waals surface area contributed by atoms with Crippen LogP contribution in [0, 0.1) is 0 Å². The molecule has 9 aromatic carbocycles. The lowest BCUT2D eigenvalue weighted by Gasteiger charge is -2.26. The molecular formula is C46H33N. The Labute approximate surface area is 275 Å². The lowest BCUT2D eigenvalue weighted by atomic mass is 9.86. The minimum atomic E-state index is 0.870. The first-order valence-corrected chi connectivity index (χ1v) is 16.4. The van der Waals surface area contributed by atoms with Gasteiger partial charge in [-0.2, -0.15) is 0 Å². The smallest absolute Gasteiger partial charge is 0.0468 e. The summed E-state index contributed by atoms with van der Waals surface area (Å²) in [5.41, 5.74) is 7.36. The molecule has 0 aromatic heterocycles. The minimum Gasteiger partial charge on any atom is -0.310 e. The number of anilines is 3. The van der Waals surface area contributed by atoms with E-state index in [1.807, 2.05) is 0 Å². The van der Waals surface area contributed by atoms with E-state index in [1.165, 1.54) is 70.6 Å². The van der Waals surface area contributed by atoms with E-state index in [9.17, 15) is 0 Å². The predicted octanol–water partition coefficient (Wildman–Crippen LogP) is 13.0. The van der Waals surface area contributed by atoms with Gasteiger partial charge in [0.1, 0.15) is 0 Å². The third kappa shape index (κ3) is 4.55. The van der Waals surface area contributed by atoms with E-state index < -0.39 is 0 Å². The summed E-state index contributed by atoms with van der Waals surface area (Å²) < 4.78 is 0. The molecule has 0 fully saturated rings. The minimum absolute atomic E-state index is 0.870. The Balaban J connectivity index is 1.10. The van der Waals surface area contributed by atoms with Gasteiger partial charge in [0.2, 0.25) is 0 Å². The van der Waals surface area contributed by atoms with Gasteiger partial charge in [-0.1, -0.05) is 133 Å². The van der Waals surface area contributed by atoms with Crippen molar-refractivity contribution in [1.82, 2.24) is 0 Å². The first-order chi connectivity index (χ1) is 23.3. The third-order valence-corrected chi connectivity index (χ3v) is 9.85. The Kier molecular flexibility index (Phi) is 6.50. The van der Waals surface area contributed by atoms with Crippen LogP contribution < -0.4 is 4.90 Å². The molecule has 9 aromatic rings. The van der Waals surface area contributed by atoms with Crippen molar-refractivity contribution in [3.63, 3.8) is 0 Å². The maximum absolute atomic E-state index is 2.35. The highest BCUT2D eigenvalue weighted by atomic mass is 15.1. The van der Waals surface area contributed by atoms with E-state index >= 15 is 0 Å². The molecule has 0 N–H and O–H groups in total. The largest absolute Gasteiger partial charge is 0.310 e. The molecule has 0 saturated heterocycles. The summed E-state index contributed by atoms with van der Waals surface area (Å²) in [7, 11) is 0. The summed E-state index contributed by atoms with van der Waals surface area (Å²) in [6.45, 7) is 2.16. The second-order valence-electron chi connectivity index (χ2n) is 12.4. The Hall–Kier alpha value is -5.92. The number of fused-ring (bicyclic) bond motifs is 3. The molecule has 1 heteroatoms. The van der Waals surface area contributed by atoms with E-state index in [1.54, 1.807) is 0 Å². The summed E-state index contributed by atoms with van der Waals surface area (Å²) in [6, 6.07) is 59.9. The Morgan fingerprint density at radius 1 is 0.447 bits per heavy atom. The summed E-state index contributed by atoms with van der Waals surface area (Å²) in [4.78, 5) is 2.34. The van der Waals surface area contributed by atoms with Gasteiger partial charge in [0.15, 0.2) is 0 Å². The van der Waals surface area contributed by atoms with Crippen LogP contribution >= 0.6 is 0 Å². The third-order valence-electron chi connectivity index (χ3n) is 9.85. The quantitative estimate of drug-likeness (QED) is 0.136. The number of allylic oxidation sites excluding steroid dienone is 2. The Morgan fingerprint density at radius 3 is 1.77 bits per heavy atom. The zero-order valence-electron chi connectivity index (χ0n) is 26.3. The molecular weight excluding hydrogens is 567 g/mol. The standard InChI is InChI=1S/C46H33N/c1-2-31(29-36-24-28-44-42-19-9-14-34-13-8-18-41(45(34)42)43-20-10-17-40(36)46(43)44)33-21-25-38(26-22-33)47(37-15-4-3-5-16-37)39-27-23-32-11-6-7-12-35(32)30-39/h2-28,30H,29H2,1H3/b31-2-. The van der Waals surface area contributed by atoms with Crippen LogP contribution in [0.1, 0.15) is 18.1 Å². The second kappa shape index (κ2) is 11.2. The summed E-state index contributed by atoms with van der Waals surface area (Å²) >= 11 is 0. The number of nitrogens with zero attached hydrogens (tertiary/aromatic N) is 1. The molecule has 0 aliphatic carbocycles. The van der Waals surface area contributed by atoms with E-state index in [-0.39, 0.29) is 0 Å². The summed E-state index contributed by atoms with van der Waals surface area (Å²) in [5, 5.41) is 13.2. The Bertz CT molecular complexity index is 2540. The van der Waals surface area contributed by atoms with Crippen molar-refractivity contribution in [2.45, 2.75) is 13.3 Å². The van der Waals surface area contributed by atoms with Gasteiger partial charge >= 0.3 is 0 Å². The average molecular weight is 600 g/mol. The van der Waals surface area contributed by atoms with Gasteiger partial charge in [-0.25, -0.2) is 0 Å². The van der Waals surface area contributed by atoms with Gasteiger partial charge in [0.05, 0.1) is 0 Å². The molecule has 222 valence electrons. The van der Waals surface area contributed by atoms with Gasteiger partial charge < -0.3 is 4.90 Å². The molecule has 0 unspecified atom stereocenters. The van der Waals surface area contributed by atoms with Crippen LogP contribution in [0.25, 0.3) is 59.4 Å². The molecule has 47 heavy (non-hydrogen) atoms. The highest BCUT2D eigenvalue weighted by Crippen LogP contribution is 2.42. The van der Waals surface area contributed by atoms with E-state index in [2.05, 4.69) is 182 Å². The molecule has 0 radical (unpaired) electrons. The van der Waals surface area contributed by atoms with Crippen LogP contribution in [0.4, 0.5) is 17.1 Å². The van der Waals surface area contributed by atoms with Crippen LogP contribution in [0.3, 0.4) is 0 Å². The van der Waals surface area contributed by atoms with Gasteiger partial charge in [-0.05, 0) is 120 Å². The molecule has 0 saturated carbocycles. The number of benzene rings is 9. The number of para-hydroxylation sites is 1. The first-order valence-electron chi connectivity index (χ1n) is 16.4. The molecule has 0 aliphatic rings. The van der Waals surface area contributed by atoms with E-state index in [0.717, 1.165) is 23.5 Å². The van der Waals surface area contributed by atoms with Crippen molar-refractivity contribution in [3.8, 4) is 0 Å². The van der Waals surface area contributed by atoms with Crippen LogP contribution in [0.15, 0.2) is 170 Å². The molecule has 0 bridgehead atoms. The summed E-state index contributed by atoms with van der Waals surface area (Å²) in [5.74, 6) is 0. The fourth-order valence-electron chi connectivity index (χ4n) is 7.60. The monoisotopic (exact) mass is 599 g/mol.